The van der Waals surface area contributed by atoms with E-state index in [1.54, 1.807) is 7.11 Å². The van der Waals surface area contributed by atoms with Gasteiger partial charge in [0.15, 0.2) is 0 Å². The van der Waals surface area contributed by atoms with Crippen molar-refractivity contribution < 1.29 is 4.74 Å². The van der Waals surface area contributed by atoms with E-state index in [1.165, 1.54) is 5.56 Å². The number of benzene rings is 2. The molecular weight excluding hydrogens is 357 g/mol. The van der Waals surface area contributed by atoms with E-state index in [9.17, 15) is 0 Å². The van der Waals surface area contributed by atoms with Crippen molar-refractivity contribution >= 4 is 29.0 Å². The molecule has 1 aliphatic rings. The zero-order chi connectivity index (χ0) is 17.6. The number of anilines is 1. The van der Waals surface area contributed by atoms with E-state index in [-0.39, 0.29) is 0 Å². The number of ether oxygens (including phenoxy) is 1. The molecule has 4 nitrogen and oxygen atoms in total. The molecule has 0 aliphatic carbocycles. The molecule has 25 heavy (non-hydrogen) atoms. The van der Waals surface area contributed by atoms with Crippen molar-refractivity contribution in [1.82, 2.24) is 9.78 Å². The van der Waals surface area contributed by atoms with Gasteiger partial charge >= 0.3 is 0 Å². The summed E-state index contributed by atoms with van der Waals surface area (Å²) in [5, 5.41) is 9.66. The number of aromatic nitrogens is 2. The normalized spacial score (nSPS) is 12.8. The minimum absolute atomic E-state index is 0.656. The van der Waals surface area contributed by atoms with Crippen molar-refractivity contribution in [3.05, 3.63) is 57.6 Å². The fourth-order valence-electron chi connectivity index (χ4n) is 3.24. The average Bonchev–Trinajstić information content (AvgIpc) is 3.19. The minimum atomic E-state index is 0.656. The van der Waals surface area contributed by atoms with Gasteiger partial charge in [-0.2, -0.15) is 5.10 Å². The van der Waals surface area contributed by atoms with Crippen molar-refractivity contribution in [2.24, 2.45) is 0 Å². The molecule has 2 aromatic carbocycles. The molecule has 0 fully saturated rings. The maximum Gasteiger partial charge on any atom is 0.133 e. The summed E-state index contributed by atoms with van der Waals surface area (Å²) in [7, 11) is 1.66. The summed E-state index contributed by atoms with van der Waals surface area (Å²) in [5.41, 5.74) is 5.02. The summed E-state index contributed by atoms with van der Waals surface area (Å²) >= 11 is 12.4. The molecule has 0 radical (unpaired) electrons. The molecule has 4 rings (SSSR count). The van der Waals surface area contributed by atoms with Crippen molar-refractivity contribution in [1.29, 1.82) is 0 Å². The summed E-state index contributed by atoms with van der Waals surface area (Å²) in [6.07, 6.45) is 0.903. The van der Waals surface area contributed by atoms with Gasteiger partial charge in [0.05, 0.1) is 12.8 Å². The van der Waals surface area contributed by atoms with Crippen LogP contribution in [0, 0.1) is 6.92 Å². The highest BCUT2D eigenvalue weighted by atomic mass is 35.5. The second kappa shape index (κ2) is 6.28. The topological polar surface area (TPSA) is 39.1 Å². The zero-order valence-electron chi connectivity index (χ0n) is 13.9. The van der Waals surface area contributed by atoms with E-state index in [1.807, 2.05) is 48.0 Å². The molecule has 0 saturated heterocycles. The first-order chi connectivity index (χ1) is 12.1. The lowest BCUT2D eigenvalue weighted by Gasteiger charge is -2.10. The maximum absolute atomic E-state index is 6.22. The van der Waals surface area contributed by atoms with Crippen LogP contribution in [0.25, 0.3) is 16.9 Å². The van der Waals surface area contributed by atoms with Gasteiger partial charge in [-0.25, -0.2) is 4.68 Å². The summed E-state index contributed by atoms with van der Waals surface area (Å²) in [5.74, 6) is 1.76. The third-order valence-corrected chi connectivity index (χ3v) is 4.94. The van der Waals surface area contributed by atoms with Crippen LogP contribution < -0.4 is 10.1 Å². The zero-order valence-corrected chi connectivity index (χ0v) is 15.4. The van der Waals surface area contributed by atoms with E-state index < -0.39 is 0 Å². The fourth-order valence-corrected chi connectivity index (χ4v) is 3.58. The fraction of sp³-hybridized carbons (Fsp3) is 0.211. The standard InChI is InChI=1S/C19H17Cl2N3O/c1-11-3-4-13(21)10-16(11)24-19-14(7-8-22-19)18(23-24)15-9-12(20)5-6-17(15)25-2/h3-6,9-10,22H,7-8H2,1-2H3. The predicted molar refractivity (Wildman–Crippen MR) is 103 cm³/mol. The molecule has 0 saturated carbocycles. The van der Waals surface area contributed by atoms with Crippen molar-refractivity contribution in [2.75, 3.05) is 19.0 Å². The van der Waals surface area contributed by atoms with Crippen LogP contribution in [-0.4, -0.2) is 23.4 Å². The Bertz CT molecular complexity index is 966. The number of nitrogens with zero attached hydrogens (tertiary/aromatic N) is 2. The number of nitrogens with one attached hydrogen (secondary N) is 1. The van der Waals surface area contributed by atoms with Crippen LogP contribution >= 0.6 is 23.2 Å². The lowest BCUT2D eigenvalue weighted by Crippen LogP contribution is -2.05. The van der Waals surface area contributed by atoms with E-state index in [2.05, 4.69) is 5.32 Å². The lowest BCUT2D eigenvalue weighted by molar-refractivity contribution is 0.416. The Morgan fingerprint density at radius 2 is 1.88 bits per heavy atom. The first-order valence-electron chi connectivity index (χ1n) is 8.04. The molecule has 1 N–H and O–H groups in total. The van der Waals surface area contributed by atoms with E-state index in [0.29, 0.717) is 10.0 Å². The van der Waals surface area contributed by atoms with E-state index >= 15 is 0 Å². The second-order valence-electron chi connectivity index (χ2n) is 6.04. The van der Waals surface area contributed by atoms with Gasteiger partial charge in [-0.1, -0.05) is 29.3 Å². The number of rotatable bonds is 3. The molecule has 128 valence electrons. The number of methoxy groups -OCH3 is 1. The first-order valence-corrected chi connectivity index (χ1v) is 8.80. The Labute approximate surface area is 156 Å². The number of hydrogen-bond donors (Lipinski definition) is 1. The van der Waals surface area contributed by atoms with Crippen molar-refractivity contribution in [3.63, 3.8) is 0 Å². The van der Waals surface area contributed by atoms with Crippen LogP contribution in [0.15, 0.2) is 36.4 Å². The highest BCUT2D eigenvalue weighted by molar-refractivity contribution is 6.31. The van der Waals surface area contributed by atoms with Gasteiger partial charge in [0.25, 0.3) is 0 Å². The number of aryl methyl sites for hydroxylation is 1. The molecule has 1 aliphatic heterocycles. The number of fused-ring (bicyclic) bond motifs is 1. The molecule has 2 heterocycles. The van der Waals surface area contributed by atoms with Crippen LogP contribution in [-0.2, 0) is 6.42 Å². The SMILES string of the molecule is COc1ccc(Cl)cc1-c1nn(-c2cc(Cl)ccc2C)c2c1CCN2. The summed E-state index contributed by atoms with van der Waals surface area (Å²) in [6, 6.07) is 11.4. The lowest BCUT2D eigenvalue weighted by atomic mass is 10.1. The predicted octanol–water partition coefficient (Wildman–Crippen LogP) is 5.13. The first kappa shape index (κ1) is 16.3. The molecule has 3 aromatic rings. The van der Waals surface area contributed by atoms with Gasteiger partial charge in [-0.15, -0.1) is 0 Å². The Morgan fingerprint density at radius 1 is 1.12 bits per heavy atom. The van der Waals surface area contributed by atoms with Gasteiger partial charge in [0, 0.05) is 27.7 Å². The van der Waals surface area contributed by atoms with Gasteiger partial charge in [0.1, 0.15) is 17.3 Å². The Balaban J connectivity index is 1.96. The summed E-state index contributed by atoms with van der Waals surface area (Å²) in [4.78, 5) is 0. The molecule has 1 aromatic heterocycles. The number of hydrogen-bond acceptors (Lipinski definition) is 3. The third-order valence-electron chi connectivity index (χ3n) is 4.47. The van der Waals surface area contributed by atoms with E-state index in [4.69, 9.17) is 33.0 Å². The maximum atomic E-state index is 6.22. The molecular formula is C19H17Cl2N3O. The molecule has 0 unspecified atom stereocenters. The van der Waals surface area contributed by atoms with Crippen LogP contribution in [0.4, 0.5) is 5.82 Å². The van der Waals surface area contributed by atoms with Crippen molar-refractivity contribution in [2.45, 2.75) is 13.3 Å². The average molecular weight is 374 g/mol. The van der Waals surface area contributed by atoms with Gasteiger partial charge in [-0.05, 0) is 49.2 Å². The second-order valence-corrected chi connectivity index (χ2v) is 6.91. The highest BCUT2D eigenvalue weighted by Gasteiger charge is 2.26. The van der Waals surface area contributed by atoms with Crippen LogP contribution in [0.1, 0.15) is 11.1 Å². The molecule has 0 spiro atoms. The number of halogens is 2. The summed E-state index contributed by atoms with van der Waals surface area (Å²) < 4.78 is 7.45. The molecule has 0 atom stereocenters. The Hall–Kier alpha value is -2.17. The Kier molecular flexibility index (Phi) is 4.10. The van der Waals surface area contributed by atoms with Crippen LogP contribution in [0.5, 0.6) is 5.75 Å². The quantitative estimate of drug-likeness (QED) is 0.691. The largest absolute Gasteiger partial charge is 0.496 e. The van der Waals surface area contributed by atoms with Crippen LogP contribution in [0.2, 0.25) is 10.0 Å². The van der Waals surface area contributed by atoms with Gasteiger partial charge in [-0.3, -0.25) is 0 Å². The Morgan fingerprint density at radius 3 is 2.68 bits per heavy atom. The molecule has 0 amide bonds. The van der Waals surface area contributed by atoms with Gasteiger partial charge < -0.3 is 10.1 Å². The molecule has 0 bridgehead atoms. The smallest absolute Gasteiger partial charge is 0.133 e. The molecule has 6 heteroatoms. The minimum Gasteiger partial charge on any atom is -0.496 e. The van der Waals surface area contributed by atoms with Crippen LogP contribution in [0.3, 0.4) is 0 Å². The van der Waals surface area contributed by atoms with Crippen molar-refractivity contribution in [3.8, 4) is 22.7 Å². The van der Waals surface area contributed by atoms with Gasteiger partial charge in [0.2, 0.25) is 0 Å². The summed E-state index contributed by atoms with van der Waals surface area (Å²) in [6.45, 7) is 2.93. The van der Waals surface area contributed by atoms with E-state index in [0.717, 1.165) is 47.0 Å². The monoisotopic (exact) mass is 373 g/mol. The highest BCUT2D eigenvalue weighted by Crippen LogP contribution is 2.40. The third kappa shape index (κ3) is 2.75.